The van der Waals surface area contributed by atoms with Crippen LogP contribution in [0.2, 0.25) is 0 Å². The van der Waals surface area contributed by atoms with Gasteiger partial charge in [0.2, 0.25) is 0 Å². The first-order valence-corrected chi connectivity index (χ1v) is 4.90. The molecular formula is C7H8N4OS. The van der Waals surface area contributed by atoms with Crippen LogP contribution in [0.15, 0.2) is 16.0 Å². The summed E-state index contributed by atoms with van der Waals surface area (Å²) in [5, 5.41) is 0.808. The molecule has 0 spiro atoms. The molecule has 0 aliphatic heterocycles. The lowest BCUT2D eigenvalue weighted by molar-refractivity contribution is 0.871. The number of thioether (sulfide) groups is 1. The van der Waals surface area contributed by atoms with Crippen molar-refractivity contribution in [2.45, 2.75) is 5.03 Å². The fraction of sp³-hybridized carbons (Fsp3) is 0.286. The van der Waals surface area contributed by atoms with Crippen LogP contribution in [0.1, 0.15) is 0 Å². The molecule has 0 fully saturated rings. The first kappa shape index (κ1) is 8.31. The molecule has 1 N–H and O–H groups in total. The van der Waals surface area contributed by atoms with Crippen molar-refractivity contribution in [2.75, 3.05) is 6.26 Å². The molecule has 68 valence electrons. The highest BCUT2D eigenvalue weighted by molar-refractivity contribution is 7.98. The molecule has 13 heavy (non-hydrogen) atoms. The minimum Gasteiger partial charge on any atom is -0.289 e. The molecule has 0 aromatic carbocycles. The number of hydrogen-bond acceptors (Lipinski definition) is 4. The Morgan fingerprint density at radius 2 is 2.38 bits per heavy atom. The second-order valence-corrected chi connectivity index (χ2v) is 3.40. The number of nitrogens with zero attached hydrogens (tertiary/aromatic N) is 3. The van der Waals surface area contributed by atoms with Crippen LogP contribution in [-0.4, -0.2) is 25.8 Å². The standard InChI is InChI=1S/C7H8N4OS/c1-11-6-5(10-7(11)12)8-3-4(9-6)13-2/h3H,1-2H3,(H,8,10,12). The molecule has 0 radical (unpaired) electrons. The average molecular weight is 196 g/mol. The van der Waals surface area contributed by atoms with Crippen molar-refractivity contribution in [3.05, 3.63) is 16.7 Å². The van der Waals surface area contributed by atoms with E-state index in [1.54, 1.807) is 13.2 Å². The zero-order valence-corrected chi connectivity index (χ0v) is 8.05. The Balaban J connectivity index is 2.82. The molecule has 0 saturated carbocycles. The zero-order valence-electron chi connectivity index (χ0n) is 7.24. The lowest BCUT2D eigenvalue weighted by Gasteiger charge is -1.94. The van der Waals surface area contributed by atoms with E-state index in [9.17, 15) is 4.79 Å². The normalized spacial score (nSPS) is 10.9. The number of nitrogens with one attached hydrogen (secondary N) is 1. The molecule has 0 aliphatic carbocycles. The summed E-state index contributed by atoms with van der Waals surface area (Å²) in [6, 6.07) is 0. The number of fused-ring (bicyclic) bond motifs is 1. The van der Waals surface area contributed by atoms with Gasteiger partial charge in [0, 0.05) is 7.05 Å². The van der Waals surface area contributed by atoms with E-state index >= 15 is 0 Å². The number of hydrogen-bond donors (Lipinski definition) is 1. The topological polar surface area (TPSA) is 63.6 Å². The Kier molecular flexibility index (Phi) is 1.84. The van der Waals surface area contributed by atoms with E-state index in [0.29, 0.717) is 11.3 Å². The van der Waals surface area contributed by atoms with E-state index < -0.39 is 0 Å². The van der Waals surface area contributed by atoms with E-state index in [2.05, 4.69) is 15.0 Å². The van der Waals surface area contributed by atoms with Gasteiger partial charge >= 0.3 is 5.69 Å². The third-order valence-electron chi connectivity index (χ3n) is 1.79. The van der Waals surface area contributed by atoms with Gasteiger partial charge in [0.15, 0.2) is 11.3 Å². The van der Waals surface area contributed by atoms with Crippen molar-refractivity contribution in [1.82, 2.24) is 19.5 Å². The molecule has 0 aliphatic rings. The van der Waals surface area contributed by atoms with Gasteiger partial charge in [-0.1, -0.05) is 0 Å². The lowest BCUT2D eigenvalue weighted by Crippen LogP contribution is -2.12. The van der Waals surface area contributed by atoms with E-state index in [1.165, 1.54) is 16.3 Å². The van der Waals surface area contributed by atoms with Gasteiger partial charge < -0.3 is 0 Å². The van der Waals surface area contributed by atoms with Crippen LogP contribution in [0.25, 0.3) is 11.3 Å². The third-order valence-corrected chi connectivity index (χ3v) is 2.40. The molecule has 0 bridgehead atoms. The van der Waals surface area contributed by atoms with Crippen LogP contribution in [-0.2, 0) is 7.05 Å². The highest BCUT2D eigenvalue weighted by atomic mass is 32.2. The number of aromatic nitrogens is 4. The molecule has 2 heterocycles. The molecule has 0 atom stereocenters. The Hall–Kier alpha value is -1.30. The van der Waals surface area contributed by atoms with Gasteiger partial charge in [-0.3, -0.25) is 9.55 Å². The van der Waals surface area contributed by atoms with Crippen molar-refractivity contribution in [3.63, 3.8) is 0 Å². The van der Waals surface area contributed by atoms with Crippen LogP contribution >= 0.6 is 11.8 Å². The van der Waals surface area contributed by atoms with Crippen molar-refractivity contribution in [1.29, 1.82) is 0 Å². The van der Waals surface area contributed by atoms with Gasteiger partial charge in [0.1, 0.15) is 5.03 Å². The number of aryl methyl sites for hydroxylation is 1. The maximum Gasteiger partial charge on any atom is 0.328 e. The quantitative estimate of drug-likeness (QED) is 0.670. The first-order valence-electron chi connectivity index (χ1n) is 3.68. The number of rotatable bonds is 1. The minimum absolute atomic E-state index is 0.187. The van der Waals surface area contributed by atoms with E-state index in [4.69, 9.17) is 0 Å². The summed E-state index contributed by atoms with van der Waals surface area (Å²) in [5.74, 6) is 0. The van der Waals surface area contributed by atoms with Crippen LogP contribution in [0.4, 0.5) is 0 Å². The van der Waals surface area contributed by atoms with Crippen molar-refractivity contribution >= 4 is 23.1 Å². The van der Waals surface area contributed by atoms with Crippen LogP contribution in [0.5, 0.6) is 0 Å². The second-order valence-electron chi connectivity index (χ2n) is 2.57. The largest absolute Gasteiger partial charge is 0.328 e. The highest BCUT2D eigenvalue weighted by Crippen LogP contribution is 2.12. The van der Waals surface area contributed by atoms with Crippen LogP contribution in [0, 0.1) is 0 Å². The highest BCUT2D eigenvalue weighted by Gasteiger charge is 2.05. The predicted molar refractivity (Wildman–Crippen MR) is 50.9 cm³/mol. The number of H-pyrrole nitrogens is 1. The van der Waals surface area contributed by atoms with Gasteiger partial charge in [0.05, 0.1) is 6.20 Å². The first-order chi connectivity index (χ1) is 6.22. The van der Waals surface area contributed by atoms with Crippen LogP contribution in [0.3, 0.4) is 0 Å². The van der Waals surface area contributed by atoms with Crippen molar-refractivity contribution in [2.24, 2.45) is 7.05 Å². The number of imidazole rings is 1. The molecule has 5 nitrogen and oxygen atoms in total. The Morgan fingerprint density at radius 1 is 1.62 bits per heavy atom. The Morgan fingerprint density at radius 3 is 3.08 bits per heavy atom. The SMILES string of the molecule is CSc1cnc2[nH]c(=O)n(C)c2n1. The third kappa shape index (κ3) is 1.23. The molecule has 0 saturated heterocycles. The summed E-state index contributed by atoms with van der Waals surface area (Å²) in [6.07, 6.45) is 3.56. The second kappa shape index (κ2) is 2.88. The molecule has 0 amide bonds. The smallest absolute Gasteiger partial charge is 0.289 e. The molecule has 2 aromatic heterocycles. The van der Waals surface area contributed by atoms with Crippen LogP contribution < -0.4 is 5.69 Å². The zero-order chi connectivity index (χ0) is 9.42. The Labute approximate surface area is 78.2 Å². The van der Waals surface area contributed by atoms with Gasteiger partial charge in [-0.05, 0) is 6.26 Å². The summed E-state index contributed by atoms with van der Waals surface area (Å²) < 4.78 is 1.45. The van der Waals surface area contributed by atoms with E-state index in [1.807, 2.05) is 6.26 Å². The van der Waals surface area contributed by atoms with Gasteiger partial charge in [-0.25, -0.2) is 14.8 Å². The number of aromatic amines is 1. The maximum atomic E-state index is 11.2. The maximum absolute atomic E-state index is 11.2. The molecule has 2 aromatic rings. The lowest BCUT2D eigenvalue weighted by atomic mass is 10.6. The average Bonchev–Trinajstić information content (AvgIpc) is 2.43. The fourth-order valence-electron chi connectivity index (χ4n) is 1.07. The van der Waals surface area contributed by atoms with Crippen molar-refractivity contribution in [3.8, 4) is 0 Å². The summed E-state index contributed by atoms with van der Waals surface area (Å²) >= 11 is 1.50. The summed E-state index contributed by atoms with van der Waals surface area (Å²) in [4.78, 5) is 22.1. The van der Waals surface area contributed by atoms with Gasteiger partial charge in [0.25, 0.3) is 0 Å². The molecule has 0 unspecified atom stereocenters. The minimum atomic E-state index is -0.187. The summed E-state index contributed by atoms with van der Waals surface area (Å²) in [5.41, 5.74) is 0.940. The monoisotopic (exact) mass is 196 g/mol. The summed E-state index contributed by atoms with van der Waals surface area (Å²) in [7, 11) is 1.67. The van der Waals surface area contributed by atoms with Gasteiger partial charge in [-0.2, -0.15) is 0 Å². The van der Waals surface area contributed by atoms with E-state index in [0.717, 1.165) is 5.03 Å². The molecular weight excluding hydrogens is 188 g/mol. The van der Waals surface area contributed by atoms with E-state index in [-0.39, 0.29) is 5.69 Å². The predicted octanol–water partition coefficient (Wildman–Crippen LogP) is 0.378. The summed E-state index contributed by atoms with van der Waals surface area (Å²) in [6.45, 7) is 0. The molecule has 2 rings (SSSR count). The molecule has 6 heteroatoms. The fourth-order valence-corrected chi connectivity index (χ4v) is 1.40. The van der Waals surface area contributed by atoms with Crippen molar-refractivity contribution < 1.29 is 0 Å². The van der Waals surface area contributed by atoms with Gasteiger partial charge in [-0.15, -0.1) is 11.8 Å². The Bertz CT molecular complexity index is 501.